The molecule has 3 N–H and O–H groups in total. The quantitative estimate of drug-likeness (QED) is 0.788. The molecule has 5 nitrogen and oxygen atoms in total. The molecular weight excluding hydrogens is 232 g/mol. The topological polar surface area (TPSA) is 75.8 Å². The minimum Gasteiger partial charge on any atom is -0.478 e. The number of nitrogens with zero attached hydrogens (tertiary/aromatic N) is 1. The maximum atomic E-state index is 11.2. The van der Waals surface area contributed by atoms with Gasteiger partial charge in [0.25, 0.3) is 0 Å². The van der Waals surface area contributed by atoms with E-state index in [9.17, 15) is 9.90 Å². The van der Waals surface area contributed by atoms with Gasteiger partial charge in [-0.25, -0.2) is 4.79 Å². The second kappa shape index (κ2) is 5.84. The molecule has 1 aromatic carbocycles. The Labute approximate surface area is 106 Å². The highest BCUT2D eigenvalue weighted by atomic mass is 16.5. The first-order valence-corrected chi connectivity index (χ1v) is 6.09. The summed E-state index contributed by atoms with van der Waals surface area (Å²) in [6.45, 7) is 3.84. The first-order valence-electron chi connectivity index (χ1n) is 6.09. The van der Waals surface area contributed by atoms with Gasteiger partial charge in [0.2, 0.25) is 0 Å². The van der Waals surface area contributed by atoms with Gasteiger partial charge < -0.3 is 15.6 Å². The van der Waals surface area contributed by atoms with Crippen LogP contribution < -0.4 is 5.73 Å². The van der Waals surface area contributed by atoms with Gasteiger partial charge in [0.15, 0.2) is 0 Å². The molecule has 0 spiro atoms. The zero-order valence-corrected chi connectivity index (χ0v) is 10.3. The highest BCUT2D eigenvalue weighted by Gasteiger charge is 2.17. The Hall–Kier alpha value is -1.59. The van der Waals surface area contributed by atoms with Crippen molar-refractivity contribution in [1.82, 2.24) is 4.90 Å². The smallest absolute Gasteiger partial charge is 0.338 e. The molecule has 1 aliphatic rings. The van der Waals surface area contributed by atoms with Crippen molar-refractivity contribution < 1.29 is 14.6 Å². The van der Waals surface area contributed by atoms with Crippen LogP contribution in [-0.2, 0) is 11.3 Å². The highest BCUT2D eigenvalue weighted by molar-refractivity contribution is 5.95. The Morgan fingerprint density at radius 1 is 1.39 bits per heavy atom. The standard InChI is InChI=1S/C13H18N2O3/c14-11-4-1-3-10(12(11)13(16)17)9-15-5-2-7-18-8-6-15/h1,3-4H,2,5-9,14H2,(H,16,17). The number of aromatic carboxylic acids is 1. The first kappa shape index (κ1) is 12.9. The molecule has 0 atom stereocenters. The van der Waals surface area contributed by atoms with Gasteiger partial charge in [0, 0.05) is 31.9 Å². The largest absolute Gasteiger partial charge is 0.478 e. The summed E-state index contributed by atoms with van der Waals surface area (Å²) in [5.41, 5.74) is 7.05. The van der Waals surface area contributed by atoms with E-state index in [1.165, 1.54) is 0 Å². The number of carboxylic acid groups (broad SMARTS) is 1. The molecular formula is C13H18N2O3. The average Bonchev–Trinajstić information content (AvgIpc) is 2.57. The van der Waals surface area contributed by atoms with E-state index in [-0.39, 0.29) is 5.56 Å². The van der Waals surface area contributed by atoms with E-state index in [0.29, 0.717) is 18.8 Å². The van der Waals surface area contributed by atoms with Gasteiger partial charge in [-0.3, -0.25) is 4.90 Å². The van der Waals surface area contributed by atoms with E-state index in [1.807, 2.05) is 6.07 Å². The predicted octanol–water partition coefficient (Wildman–Crippen LogP) is 1.19. The van der Waals surface area contributed by atoms with Gasteiger partial charge in [-0.15, -0.1) is 0 Å². The van der Waals surface area contributed by atoms with Gasteiger partial charge in [0.1, 0.15) is 0 Å². The summed E-state index contributed by atoms with van der Waals surface area (Å²) in [6.07, 6.45) is 0.977. The number of carboxylic acids is 1. The molecule has 0 aromatic heterocycles. The van der Waals surface area contributed by atoms with Crippen molar-refractivity contribution in [2.45, 2.75) is 13.0 Å². The fourth-order valence-electron chi connectivity index (χ4n) is 2.21. The first-order chi connectivity index (χ1) is 8.68. The molecule has 0 saturated carbocycles. The summed E-state index contributed by atoms with van der Waals surface area (Å²) in [5.74, 6) is -0.964. The Morgan fingerprint density at radius 3 is 3.00 bits per heavy atom. The minimum absolute atomic E-state index is 0.225. The van der Waals surface area contributed by atoms with E-state index in [2.05, 4.69) is 4.90 Å². The molecule has 1 aliphatic heterocycles. The number of nitrogen functional groups attached to an aromatic ring is 1. The van der Waals surface area contributed by atoms with E-state index in [1.54, 1.807) is 12.1 Å². The molecule has 1 fully saturated rings. The number of hydrogen-bond acceptors (Lipinski definition) is 4. The number of nitrogens with two attached hydrogens (primary N) is 1. The SMILES string of the molecule is Nc1cccc(CN2CCCOCC2)c1C(=O)O. The van der Waals surface area contributed by atoms with Gasteiger partial charge in [-0.2, -0.15) is 0 Å². The summed E-state index contributed by atoms with van der Waals surface area (Å²) in [6, 6.07) is 5.25. The monoisotopic (exact) mass is 250 g/mol. The average molecular weight is 250 g/mol. The number of benzene rings is 1. The van der Waals surface area contributed by atoms with Crippen LogP contribution in [0, 0.1) is 0 Å². The van der Waals surface area contributed by atoms with Crippen LogP contribution in [0.15, 0.2) is 18.2 Å². The zero-order valence-electron chi connectivity index (χ0n) is 10.3. The maximum Gasteiger partial charge on any atom is 0.338 e. The molecule has 0 radical (unpaired) electrons. The second-order valence-corrected chi connectivity index (χ2v) is 4.43. The van der Waals surface area contributed by atoms with Crippen LogP contribution in [0.3, 0.4) is 0 Å². The highest BCUT2D eigenvalue weighted by Crippen LogP contribution is 2.19. The lowest BCUT2D eigenvalue weighted by molar-refractivity contribution is 0.0695. The Balaban J connectivity index is 2.17. The summed E-state index contributed by atoms with van der Waals surface area (Å²) in [5, 5.41) is 9.21. The van der Waals surface area contributed by atoms with Crippen LogP contribution in [0.2, 0.25) is 0 Å². The lowest BCUT2D eigenvalue weighted by Crippen LogP contribution is -2.27. The van der Waals surface area contributed by atoms with Crippen LogP contribution in [0.5, 0.6) is 0 Å². The van der Waals surface area contributed by atoms with Gasteiger partial charge in [-0.05, 0) is 18.1 Å². The molecule has 0 unspecified atom stereocenters. The van der Waals surface area contributed by atoms with Crippen LogP contribution in [0.1, 0.15) is 22.3 Å². The van der Waals surface area contributed by atoms with Crippen molar-refractivity contribution in [2.24, 2.45) is 0 Å². The van der Waals surface area contributed by atoms with E-state index >= 15 is 0 Å². The van der Waals surface area contributed by atoms with Crippen LogP contribution >= 0.6 is 0 Å². The Bertz CT molecular complexity index is 426. The van der Waals surface area contributed by atoms with E-state index in [0.717, 1.165) is 31.7 Å². The molecule has 1 saturated heterocycles. The molecule has 98 valence electrons. The van der Waals surface area contributed by atoms with Crippen molar-refractivity contribution in [2.75, 3.05) is 32.0 Å². The summed E-state index contributed by atoms with van der Waals surface area (Å²) in [7, 11) is 0. The zero-order chi connectivity index (χ0) is 13.0. The number of carbonyl (C=O) groups is 1. The lowest BCUT2D eigenvalue weighted by Gasteiger charge is -2.20. The van der Waals surface area contributed by atoms with E-state index in [4.69, 9.17) is 10.5 Å². The third kappa shape index (κ3) is 3.00. The second-order valence-electron chi connectivity index (χ2n) is 4.43. The van der Waals surface area contributed by atoms with E-state index < -0.39 is 5.97 Å². The van der Waals surface area contributed by atoms with Crippen molar-refractivity contribution in [3.05, 3.63) is 29.3 Å². The van der Waals surface area contributed by atoms with Crippen molar-refractivity contribution >= 4 is 11.7 Å². The van der Waals surface area contributed by atoms with Crippen molar-refractivity contribution in [3.8, 4) is 0 Å². The number of anilines is 1. The molecule has 0 bridgehead atoms. The number of ether oxygens (including phenoxy) is 1. The predicted molar refractivity (Wildman–Crippen MR) is 68.5 cm³/mol. The minimum atomic E-state index is -0.964. The molecule has 1 heterocycles. The normalized spacial score (nSPS) is 17.3. The fourth-order valence-corrected chi connectivity index (χ4v) is 2.21. The summed E-state index contributed by atoms with van der Waals surface area (Å²) < 4.78 is 5.38. The van der Waals surface area contributed by atoms with Gasteiger partial charge in [0.05, 0.1) is 12.2 Å². The van der Waals surface area contributed by atoms with Gasteiger partial charge >= 0.3 is 5.97 Å². The number of rotatable bonds is 3. The Kier molecular flexibility index (Phi) is 4.17. The molecule has 18 heavy (non-hydrogen) atoms. The molecule has 1 aromatic rings. The van der Waals surface area contributed by atoms with Crippen LogP contribution in [-0.4, -0.2) is 42.3 Å². The number of hydrogen-bond donors (Lipinski definition) is 2. The molecule has 0 amide bonds. The molecule has 5 heteroatoms. The summed E-state index contributed by atoms with van der Waals surface area (Å²) >= 11 is 0. The van der Waals surface area contributed by atoms with Crippen molar-refractivity contribution in [3.63, 3.8) is 0 Å². The summed E-state index contributed by atoms with van der Waals surface area (Å²) in [4.78, 5) is 13.4. The fraction of sp³-hybridized carbons (Fsp3) is 0.462. The van der Waals surface area contributed by atoms with Gasteiger partial charge in [-0.1, -0.05) is 12.1 Å². The van der Waals surface area contributed by atoms with Crippen LogP contribution in [0.4, 0.5) is 5.69 Å². The maximum absolute atomic E-state index is 11.2. The van der Waals surface area contributed by atoms with Crippen LogP contribution in [0.25, 0.3) is 0 Å². The molecule has 0 aliphatic carbocycles. The third-order valence-electron chi connectivity index (χ3n) is 3.11. The third-order valence-corrected chi connectivity index (χ3v) is 3.11. The molecule has 2 rings (SSSR count). The lowest BCUT2D eigenvalue weighted by atomic mass is 10.0. The van der Waals surface area contributed by atoms with Crippen molar-refractivity contribution in [1.29, 1.82) is 0 Å². The Morgan fingerprint density at radius 2 is 2.22 bits per heavy atom.